The van der Waals surface area contributed by atoms with Crippen LogP contribution in [-0.2, 0) is 17.3 Å². The van der Waals surface area contributed by atoms with E-state index in [2.05, 4.69) is 5.32 Å². The van der Waals surface area contributed by atoms with Crippen molar-refractivity contribution in [1.29, 1.82) is 0 Å². The average Bonchev–Trinajstić information content (AvgIpc) is 2.25. The Hall–Kier alpha value is -1.16. The molecule has 0 spiro atoms. The molecule has 0 saturated heterocycles. The second kappa shape index (κ2) is 5.25. The van der Waals surface area contributed by atoms with Crippen LogP contribution in [0, 0.1) is 0 Å². The third-order valence-electron chi connectivity index (χ3n) is 2.09. The largest absolute Gasteiger partial charge is 0.351 e. The van der Waals surface area contributed by atoms with Gasteiger partial charge in [-0.05, 0) is 5.56 Å². The first-order valence-electron chi connectivity index (χ1n) is 4.74. The molecule has 88 valence electrons. The van der Waals surface area contributed by atoms with Gasteiger partial charge in [0.05, 0.1) is 0 Å². The Kier molecular flexibility index (Phi) is 4.24. The van der Waals surface area contributed by atoms with E-state index in [1.54, 1.807) is 18.2 Å². The van der Waals surface area contributed by atoms with E-state index in [-0.39, 0.29) is 23.9 Å². The number of hydrogen-bond donors (Lipinski definition) is 1. The summed E-state index contributed by atoms with van der Waals surface area (Å²) < 4.78 is 26.4. The fourth-order valence-corrected chi connectivity index (χ4v) is 1.44. The summed E-state index contributed by atoms with van der Waals surface area (Å²) in [6.07, 6.45) is 0. The fourth-order valence-electron chi connectivity index (χ4n) is 1.34. The van der Waals surface area contributed by atoms with Crippen molar-refractivity contribution in [3.63, 3.8) is 0 Å². The molecule has 16 heavy (non-hydrogen) atoms. The first-order valence-corrected chi connectivity index (χ1v) is 5.27. The highest BCUT2D eigenvalue weighted by molar-refractivity contribution is 6.27. The van der Waals surface area contributed by atoms with Crippen LogP contribution in [0.2, 0.25) is 0 Å². The van der Waals surface area contributed by atoms with E-state index in [0.29, 0.717) is 5.56 Å². The second-order valence-electron chi connectivity index (χ2n) is 3.46. The van der Waals surface area contributed by atoms with Crippen LogP contribution in [0.15, 0.2) is 24.3 Å². The molecule has 1 amide bonds. The van der Waals surface area contributed by atoms with E-state index in [9.17, 15) is 13.6 Å². The smallest absolute Gasteiger partial charge is 0.270 e. The Morgan fingerprint density at radius 3 is 2.62 bits per heavy atom. The number of carbonyl (C=O) groups excluding carboxylic acids is 1. The van der Waals surface area contributed by atoms with Crippen molar-refractivity contribution < 1.29 is 13.6 Å². The highest BCUT2D eigenvalue weighted by atomic mass is 35.5. The molecule has 1 rings (SSSR count). The van der Waals surface area contributed by atoms with E-state index < -0.39 is 5.92 Å². The van der Waals surface area contributed by atoms with E-state index in [1.807, 2.05) is 0 Å². The SMILES string of the molecule is CC(F)(F)c1ccccc1CNC(=O)CCl. The van der Waals surface area contributed by atoms with Crippen LogP contribution in [0.25, 0.3) is 0 Å². The fraction of sp³-hybridized carbons (Fsp3) is 0.364. The van der Waals surface area contributed by atoms with Gasteiger partial charge in [0.1, 0.15) is 5.88 Å². The van der Waals surface area contributed by atoms with Gasteiger partial charge in [-0.1, -0.05) is 24.3 Å². The lowest BCUT2D eigenvalue weighted by Crippen LogP contribution is -2.25. The van der Waals surface area contributed by atoms with Gasteiger partial charge in [-0.2, -0.15) is 0 Å². The van der Waals surface area contributed by atoms with Crippen molar-refractivity contribution in [2.45, 2.75) is 19.4 Å². The van der Waals surface area contributed by atoms with Gasteiger partial charge in [0.2, 0.25) is 5.91 Å². The lowest BCUT2D eigenvalue weighted by atomic mass is 10.0. The van der Waals surface area contributed by atoms with Crippen molar-refractivity contribution >= 4 is 17.5 Å². The molecule has 0 fully saturated rings. The van der Waals surface area contributed by atoms with Gasteiger partial charge in [-0.25, -0.2) is 8.78 Å². The van der Waals surface area contributed by atoms with Crippen LogP contribution in [0.5, 0.6) is 0 Å². The molecule has 0 aliphatic carbocycles. The highest BCUT2D eigenvalue weighted by Gasteiger charge is 2.26. The maximum atomic E-state index is 13.2. The zero-order chi connectivity index (χ0) is 12.2. The van der Waals surface area contributed by atoms with Crippen LogP contribution in [0.1, 0.15) is 18.1 Å². The number of amides is 1. The summed E-state index contributed by atoms with van der Waals surface area (Å²) in [5.41, 5.74) is 0.318. The quantitative estimate of drug-likeness (QED) is 0.815. The Morgan fingerprint density at radius 2 is 2.06 bits per heavy atom. The number of benzene rings is 1. The molecule has 1 aromatic rings. The van der Waals surface area contributed by atoms with Crippen LogP contribution >= 0.6 is 11.6 Å². The minimum Gasteiger partial charge on any atom is -0.351 e. The van der Waals surface area contributed by atoms with Crippen LogP contribution in [-0.4, -0.2) is 11.8 Å². The van der Waals surface area contributed by atoms with Gasteiger partial charge < -0.3 is 5.32 Å². The van der Waals surface area contributed by atoms with E-state index in [4.69, 9.17) is 11.6 Å². The van der Waals surface area contributed by atoms with Gasteiger partial charge >= 0.3 is 0 Å². The summed E-state index contributed by atoms with van der Waals surface area (Å²) in [5.74, 6) is -3.47. The van der Waals surface area contributed by atoms with Crippen molar-refractivity contribution in [3.05, 3.63) is 35.4 Å². The zero-order valence-corrected chi connectivity index (χ0v) is 9.52. The number of nitrogens with one attached hydrogen (secondary N) is 1. The standard InChI is InChI=1S/C11H12ClF2NO/c1-11(13,14)9-5-3-2-4-8(9)7-15-10(16)6-12/h2-5H,6-7H2,1H3,(H,15,16). The predicted molar refractivity (Wildman–Crippen MR) is 58.6 cm³/mol. The number of halogens is 3. The molecule has 0 saturated carbocycles. The van der Waals surface area contributed by atoms with Gasteiger partial charge in [-0.15, -0.1) is 11.6 Å². The van der Waals surface area contributed by atoms with Crippen molar-refractivity contribution in [1.82, 2.24) is 5.32 Å². The molecule has 1 N–H and O–H groups in total. The van der Waals surface area contributed by atoms with Gasteiger partial charge in [0.25, 0.3) is 5.92 Å². The molecule has 2 nitrogen and oxygen atoms in total. The number of carbonyl (C=O) groups is 1. The monoisotopic (exact) mass is 247 g/mol. The first-order chi connectivity index (χ1) is 7.45. The molecule has 0 radical (unpaired) electrons. The van der Waals surface area contributed by atoms with Crippen molar-refractivity contribution in [2.24, 2.45) is 0 Å². The molecule has 0 aliphatic heterocycles. The summed E-state index contributed by atoms with van der Waals surface area (Å²) >= 11 is 5.29. The summed E-state index contributed by atoms with van der Waals surface area (Å²) in [4.78, 5) is 10.9. The van der Waals surface area contributed by atoms with Gasteiger partial charge in [-0.3, -0.25) is 4.79 Å². The molecule has 0 unspecified atom stereocenters. The molecular formula is C11H12ClF2NO. The maximum Gasteiger partial charge on any atom is 0.270 e. The zero-order valence-electron chi connectivity index (χ0n) is 8.77. The maximum absolute atomic E-state index is 13.2. The lowest BCUT2D eigenvalue weighted by molar-refractivity contribution is -0.118. The third kappa shape index (κ3) is 3.45. The number of hydrogen-bond acceptors (Lipinski definition) is 1. The molecule has 0 aromatic heterocycles. The summed E-state index contributed by atoms with van der Waals surface area (Å²) in [6.45, 7) is 0.889. The van der Waals surface area contributed by atoms with Crippen molar-refractivity contribution in [2.75, 3.05) is 5.88 Å². The Morgan fingerprint density at radius 1 is 1.44 bits per heavy atom. The summed E-state index contributed by atoms with van der Waals surface area (Å²) in [6, 6.07) is 6.10. The minimum atomic E-state index is -2.91. The van der Waals surface area contributed by atoms with Crippen LogP contribution in [0.4, 0.5) is 8.78 Å². The lowest BCUT2D eigenvalue weighted by Gasteiger charge is -2.15. The van der Waals surface area contributed by atoms with E-state index >= 15 is 0 Å². The summed E-state index contributed by atoms with van der Waals surface area (Å²) in [7, 11) is 0. The minimum absolute atomic E-state index is 0.0607. The van der Waals surface area contributed by atoms with Gasteiger partial charge in [0.15, 0.2) is 0 Å². The van der Waals surface area contributed by atoms with Crippen LogP contribution in [0.3, 0.4) is 0 Å². The molecule has 0 atom stereocenters. The van der Waals surface area contributed by atoms with Crippen molar-refractivity contribution in [3.8, 4) is 0 Å². The van der Waals surface area contributed by atoms with E-state index in [0.717, 1.165) is 6.92 Å². The van der Waals surface area contributed by atoms with E-state index in [1.165, 1.54) is 6.07 Å². The molecule has 0 aliphatic rings. The predicted octanol–water partition coefficient (Wildman–Crippen LogP) is 2.65. The molecule has 0 heterocycles. The molecule has 0 bridgehead atoms. The van der Waals surface area contributed by atoms with Gasteiger partial charge in [0, 0.05) is 19.0 Å². The van der Waals surface area contributed by atoms with Crippen LogP contribution < -0.4 is 5.32 Å². The normalized spacial score (nSPS) is 11.2. The number of alkyl halides is 3. The average molecular weight is 248 g/mol. The topological polar surface area (TPSA) is 29.1 Å². The molecule has 5 heteroatoms. The number of rotatable bonds is 4. The summed E-state index contributed by atoms with van der Waals surface area (Å²) in [5, 5.41) is 2.46. The molecular weight excluding hydrogens is 236 g/mol. The Labute approximate surface area is 97.6 Å². The second-order valence-corrected chi connectivity index (χ2v) is 3.72. The third-order valence-corrected chi connectivity index (χ3v) is 2.33. The molecule has 1 aromatic carbocycles. The Balaban J connectivity index is 2.84. The first kappa shape index (κ1) is 12.9. The highest BCUT2D eigenvalue weighted by Crippen LogP contribution is 2.29. The Bertz CT molecular complexity index is 376.